The number of H-pyrrole nitrogens is 1. The lowest BCUT2D eigenvalue weighted by molar-refractivity contribution is -0.117. The minimum Gasteiger partial charge on any atom is -0.369 e. The monoisotopic (exact) mass is 506 g/mol. The van der Waals surface area contributed by atoms with E-state index in [0.29, 0.717) is 32.6 Å². The van der Waals surface area contributed by atoms with Gasteiger partial charge in [0.1, 0.15) is 0 Å². The molecule has 1 saturated heterocycles. The summed E-state index contributed by atoms with van der Waals surface area (Å²) in [4.78, 5) is 17.1. The third-order valence-electron chi connectivity index (χ3n) is 6.97. The number of nitrogens with one attached hydrogen (secondary N) is 1. The van der Waals surface area contributed by atoms with Crippen LogP contribution in [0.3, 0.4) is 0 Å². The van der Waals surface area contributed by atoms with E-state index in [4.69, 9.17) is 12.2 Å². The lowest BCUT2D eigenvalue weighted by atomic mass is 9.88. The predicted octanol–water partition coefficient (Wildman–Crippen LogP) is 3.33. The van der Waals surface area contributed by atoms with Gasteiger partial charge in [-0.3, -0.25) is 9.69 Å². The number of carbonyl (C=O) groups is 1. The number of primary amides is 1. The fraction of sp³-hybridized carbons (Fsp3) is 0.393. The van der Waals surface area contributed by atoms with Crippen LogP contribution in [0.5, 0.6) is 0 Å². The first-order valence-electron chi connectivity index (χ1n) is 12.4. The van der Waals surface area contributed by atoms with Crippen LogP contribution in [0.1, 0.15) is 36.3 Å². The topological polar surface area (TPSA) is 99.5 Å². The van der Waals surface area contributed by atoms with Crippen molar-refractivity contribution in [1.29, 1.82) is 0 Å². The number of terminal acetylenes is 1. The molecule has 0 unspecified atom stereocenters. The fourth-order valence-electron chi connectivity index (χ4n) is 5.12. The predicted molar refractivity (Wildman–Crippen MR) is 145 cm³/mol. The van der Waals surface area contributed by atoms with Crippen molar-refractivity contribution in [3.05, 3.63) is 59.8 Å². The Kier molecular flexibility index (Phi) is 8.14. The molecule has 0 radical (unpaired) electrons. The van der Waals surface area contributed by atoms with Crippen molar-refractivity contribution in [3.63, 3.8) is 0 Å². The smallest absolute Gasteiger partial charge is 0.221 e. The molecule has 3 aromatic rings. The average Bonchev–Trinajstić information content (AvgIpc) is 3.29. The van der Waals surface area contributed by atoms with Gasteiger partial charge < -0.3 is 10.7 Å². The van der Waals surface area contributed by atoms with Crippen LogP contribution >= 0.6 is 0 Å². The summed E-state index contributed by atoms with van der Waals surface area (Å²) in [6, 6.07) is 14.3. The number of nitrogens with two attached hydrogens (primary N) is 1. The number of hydrogen-bond acceptors (Lipinski definition) is 4. The van der Waals surface area contributed by atoms with E-state index in [2.05, 4.69) is 29.1 Å². The van der Waals surface area contributed by atoms with E-state index in [9.17, 15) is 13.2 Å². The first kappa shape index (κ1) is 26.0. The molecule has 3 N–H and O–H groups in total. The molecule has 8 heteroatoms. The van der Waals surface area contributed by atoms with Crippen LogP contribution in [0.15, 0.2) is 48.7 Å². The minimum atomic E-state index is -3.30. The molecule has 0 aliphatic carbocycles. The summed E-state index contributed by atoms with van der Waals surface area (Å²) >= 11 is 0. The Balaban J connectivity index is 1.51. The molecular formula is C28H34N4O3S. The molecule has 4 rings (SSSR count). The second kappa shape index (κ2) is 11.3. The molecule has 0 spiro atoms. The molecule has 1 aliphatic rings. The Labute approximate surface area is 213 Å². The molecule has 0 saturated carbocycles. The molecule has 7 nitrogen and oxygen atoms in total. The van der Waals surface area contributed by atoms with E-state index in [1.54, 1.807) is 4.31 Å². The summed E-state index contributed by atoms with van der Waals surface area (Å²) in [6.07, 6.45) is 9.56. The van der Waals surface area contributed by atoms with Gasteiger partial charge in [0.2, 0.25) is 15.9 Å². The molecule has 1 aromatic heterocycles. The van der Waals surface area contributed by atoms with Crippen molar-refractivity contribution in [2.75, 3.05) is 39.0 Å². The first-order valence-corrected chi connectivity index (χ1v) is 14.0. The number of fused-ring (bicyclic) bond motifs is 1. The van der Waals surface area contributed by atoms with Crippen LogP contribution in [0.2, 0.25) is 0 Å². The molecule has 1 fully saturated rings. The van der Waals surface area contributed by atoms with Crippen LogP contribution in [0.25, 0.3) is 22.0 Å². The third-order valence-corrected chi connectivity index (χ3v) is 8.92. The number of rotatable bonds is 10. The van der Waals surface area contributed by atoms with Gasteiger partial charge in [0.05, 0.1) is 18.7 Å². The maximum Gasteiger partial charge on any atom is 0.221 e. The van der Waals surface area contributed by atoms with E-state index in [-0.39, 0.29) is 24.0 Å². The standard InChI is InChI=1S/C28H34N4O3S/c1-3-12-31(2)13-7-16-36(34,35)32-14-10-22(11-15-32)26-20-30-28-24(19-27(29)33)17-23(18-25(26)28)21-8-5-4-6-9-21/h1,4-6,8-9,17-18,20,22,30H,7,10-16,19H2,2H3,(H2,29,33). The van der Waals surface area contributed by atoms with Gasteiger partial charge in [-0.25, -0.2) is 12.7 Å². The highest BCUT2D eigenvalue weighted by atomic mass is 32.2. The van der Waals surface area contributed by atoms with Gasteiger partial charge in [-0.2, -0.15) is 0 Å². The van der Waals surface area contributed by atoms with Gasteiger partial charge in [0.15, 0.2) is 0 Å². The quantitative estimate of drug-likeness (QED) is 0.412. The van der Waals surface area contributed by atoms with Gasteiger partial charge in [-0.05, 0) is 73.2 Å². The summed E-state index contributed by atoms with van der Waals surface area (Å²) in [5, 5.41) is 1.07. The average molecular weight is 507 g/mol. The number of aromatic amines is 1. The number of amides is 1. The SMILES string of the molecule is C#CCN(C)CCCS(=O)(=O)N1CCC(c2c[nH]c3c(CC(N)=O)cc(-c4ccccc4)cc23)CC1. The van der Waals surface area contributed by atoms with Crippen molar-refractivity contribution < 1.29 is 13.2 Å². The molecule has 2 heterocycles. The Morgan fingerprint density at radius 3 is 2.58 bits per heavy atom. The summed E-state index contributed by atoms with van der Waals surface area (Å²) in [5.74, 6) is 2.57. The number of sulfonamides is 1. The van der Waals surface area contributed by atoms with E-state index < -0.39 is 10.0 Å². The summed E-state index contributed by atoms with van der Waals surface area (Å²) in [7, 11) is -1.40. The lowest BCUT2D eigenvalue weighted by Gasteiger charge is -2.31. The summed E-state index contributed by atoms with van der Waals surface area (Å²) < 4.78 is 27.4. The number of benzene rings is 2. The zero-order chi connectivity index (χ0) is 25.7. The van der Waals surface area contributed by atoms with Crippen LogP contribution in [-0.4, -0.2) is 67.5 Å². The zero-order valence-corrected chi connectivity index (χ0v) is 21.6. The second-order valence-corrected chi connectivity index (χ2v) is 11.7. The van der Waals surface area contributed by atoms with Gasteiger partial charge in [-0.1, -0.05) is 36.3 Å². The number of piperidine rings is 1. The number of nitrogens with zero attached hydrogens (tertiary/aromatic N) is 2. The highest BCUT2D eigenvalue weighted by Gasteiger charge is 2.29. The molecule has 36 heavy (non-hydrogen) atoms. The largest absolute Gasteiger partial charge is 0.369 e. The normalized spacial score (nSPS) is 15.4. The van der Waals surface area contributed by atoms with Gasteiger partial charge >= 0.3 is 0 Å². The summed E-state index contributed by atoms with van der Waals surface area (Å²) in [5.41, 5.74) is 10.6. The van der Waals surface area contributed by atoms with E-state index in [1.165, 1.54) is 5.56 Å². The lowest BCUT2D eigenvalue weighted by Crippen LogP contribution is -2.39. The van der Waals surface area contributed by atoms with E-state index in [0.717, 1.165) is 40.4 Å². The summed E-state index contributed by atoms with van der Waals surface area (Å²) in [6.45, 7) is 2.19. The van der Waals surface area contributed by atoms with E-state index >= 15 is 0 Å². The van der Waals surface area contributed by atoms with Crippen LogP contribution < -0.4 is 5.73 Å². The number of carbonyl (C=O) groups excluding carboxylic acids is 1. The van der Waals surface area contributed by atoms with E-state index in [1.807, 2.05) is 42.4 Å². The molecule has 1 aliphatic heterocycles. The molecule has 0 atom stereocenters. The Morgan fingerprint density at radius 2 is 1.92 bits per heavy atom. The van der Waals surface area contributed by atoms with Crippen molar-refractivity contribution in [3.8, 4) is 23.5 Å². The van der Waals surface area contributed by atoms with Crippen LogP contribution in [-0.2, 0) is 21.2 Å². The minimum absolute atomic E-state index is 0.135. The Morgan fingerprint density at radius 1 is 1.19 bits per heavy atom. The van der Waals surface area contributed by atoms with Gasteiger partial charge in [0.25, 0.3) is 0 Å². The zero-order valence-electron chi connectivity index (χ0n) is 20.7. The fourth-order valence-corrected chi connectivity index (χ4v) is 6.64. The van der Waals surface area contributed by atoms with Gasteiger partial charge in [-0.15, -0.1) is 6.42 Å². The molecule has 190 valence electrons. The second-order valence-electron chi connectivity index (χ2n) is 9.60. The highest BCUT2D eigenvalue weighted by molar-refractivity contribution is 7.89. The Bertz CT molecular complexity index is 1350. The molecule has 2 aromatic carbocycles. The number of hydrogen-bond donors (Lipinski definition) is 2. The maximum atomic E-state index is 12.9. The molecule has 1 amide bonds. The van der Waals surface area contributed by atoms with Crippen molar-refractivity contribution in [2.24, 2.45) is 5.73 Å². The Hall–Kier alpha value is -3.12. The first-order chi connectivity index (χ1) is 17.3. The van der Waals surface area contributed by atoms with Crippen molar-refractivity contribution >= 4 is 26.8 Å². The van der Waals surface area contributed by atoms with Crippen molar-refractivity contribution in [2.45, 2.75) is 31.6 Å². The van der Waals surface area contributed by atoms with Crippen molar-refractivity contribution in [1.82, 2.24) is 14.2 Å². The molecular weight excluding hydrogens is 472 g/mol. The maximum absolute atomic E-state index is 12.9. The van der Waals surface area contributed by atoms with Gasteiger partial charge in [0, 0.05) is 30.2 Å². The third kappa shape index (κ3) is 5.98. The highest BCUT2D eigenvalue weighted by Crippen LogP contribution is 2.37. The number of aromatic nitrogens is 1. The van der Waals surface area contributed by atoms with Crippen LogP contribution in [0.4, 0.5) is 0 Å². The molecule has 0 bridgehead atoms. The van der Waals surface area contributed by atoms with Crippen LogP contribution in [0, 0.1) is 12.3 Å².